The summed E-state index contributed by atoms with van der Waals surface area (Å²) in [4.78, 5) is 4.59. The third kappa shape index (κ3) is 2.48. The number of piperidine rings is 1. The van der Waals surface area contributed by atoms with Crippen LogP contribution in [0, 0.1) is 0 Å². The minimum Gasteiger partial charge on any atom is -0.337 e. The topological polar surface area (TPSA) is 51.0 Å². The molecule has 20 heavy (non-hydrogen) atoms. The third-order valence-corrected chi connectivity index (χ3v) is 4.14. The maximum atomic E-state index is 5.49. The van der Waals surface area contributed by atoms with Crippen LogP contribution in [0.3, 0.4) is 0 Å². The molecule has 0 saturated carbocycles. The van der Waals surface area contributed by atoms with E-state index in [1.807, 2.05) is 0 Å². The first-order chi connectivity index (χ1) is 9.71. The van der Waals surface area contributed by atoms with Crippen LogP contribution in [-0.2, 0) is 12.0 Å². The van der Waals surface area contributed by atoms with Crippen LogP contribution in [0.5, 0.6) is 0 Å². The smallest absolute Gasteiger partial charge is 0.246 e. The number of benzene rings is 1. The Morgan fingerprint density at radius 3 is 2.70 bits per heavy atom. The molecule has 4 nitrogen and oxygen atoms in total. The monoisotopic (exact) mass is 271 g/mol. The van der Waals surface area contributed by atoms with Crippen molar-refractivity contribution in [2.24, 2.45) is 0 Å². The molecule has 1 aliphatic rings. The van der Waals surface area contributed by atoms with Crippen LogP contribution >= 0.6 is 0 Å². The second kappa shape index (κ2) is 5.37. The third-order valence-electron chi connectivity index (χ3n) is 4.14. The second-order valence-corrected chi connectivity index (χ2v) is 5.69. The van der Waals surface area contributed by atoms with Crippen molar-refractivity contribution in [3.05, 3.63) is 35.7 Å². The van der Waals surface area contributed by atoms with Gasteiger partial charge < -0.3 is 9.84 Å². The number of hydrogen-bond acceptors (Lipinski definition) is 4. The minimum absolute atomic E-state index is 0.174. The molecule has 1 saturated heterocycles. The molecule has 1 fully saturated rings. The van der Waals surface area contributed by atoms with Crippen molar-refractivity contribution in [2.75, 3.05) is 6.54 Å². The lowest BCUT2D eigenvalue weighted by atomic mass is 9.91. The van der Waals surface area contributed by atoms with Crippen LogP contribution < -0.4 is 5.32 Å². The van der Waals surface area contributed by atoms with Crippen molar-refractivity contribution >= 4 is 0 Å². The van der Waals surface area contributed by atoms with E-state index in [1.54, 1.807) is 0 Å². The highest BCUT2D eigenvalue weighted by atomic mass is 16.5. The Kier molecular flexibility index (Phi) is 3.57. The Balaban J connectivity index is 1.85. The van der Waals surface area contributed by atoms with Crippen LogP contribution in [-0.4, -0.2) is 16.7 Å². The first kappa shape index (κ1) is 13.3. The molecule has 2 heterocycles. The maximum absolute atomic E-state index is 5.49. The van der Waals surface area contributed by atoms with Gasteiger partial charge in [-0.15, -0.1) is 0 Å². The Morgan fingerprint density at radius 1 is 1.25 bits per heavy atom. The van der Waals surface area contributed by atoms with E-state index in [4.69, 9.17) is 4.52 Å². The molecule has 1 aliphatic heterocycles. The summed E-state index contributed by atoms with van der Waals surface area (Å²) < 4.78 is 5.49. The molecule has 0 spiro atoms. The standard InChI is InChI=1S/C16H21N3O/c1-3-12-6-8-13(9-7-12)14-18-15(20-19-14)16(2)10-4-5-11-17-16/h6-9,17H,3-5,10-11H2,1-2H3. The summed E-state index contributed by atoms with van der Waals surface area (Å²) in [6, 6.07) is 8.35. The van der Waals surface area contributed by atoms with Gasteiger partial charge >= 0.3 is 0 Å². The van der Waals surface area contributed by atoms with E-state index in [0.717, 1.165) is 24.9 Å². The lowest BCUT2D eigenvalue weighted by Gasteiger charge is -2.31. The molecule has 0 bridgehead atoms. The lowest BCUT2D eigenvalue weighted by Crippen LogP contribution is -2.43. The average Bonchev–Trinajstić information content (AvgIpc) is 2.99. The molecule has 1 atom stereocenters. The molecule has 3 rings (SSSR count). The van der Waals surface area contributed by atoms with Crippen LogP contribution in [0.15, 0.2) is 28.8 Å². The first-order valence-electron chi connectivity index (χ1n) is 7.40. The van der Waals surface area contributed by atoms with Crippen molar-refractivity contribution in [2.45, 2.75) is 45.1 Å². The molecule has 0 aliphatic carbocycles. The number of aromatic nitrogens is 2. The zero-order chi connectivity index (χ0) is 14.0. The number of nitrogens with zero attached hydrogens (tertiary/aromatic N) is 2. The van der Waals surface area contributed by atoms with Crippen LogP contribution in [0.25, 0.3) is 11.4 Å². The molecule has 0 amide bonds. The highest BCUT2D eigenvalue weighted by molar-refractivity contribution is 5.54. The van der Waals surface area contributed by atoms with Crippen LogP contribution in [0.1, 0.15) is 44.6 Å². The highest BCUT2D eigenvalue weighted by Crippen LogP contribution is 2.30. The summed E-state index contributed by atoms with van der Waals surface area (Å²) in [7, 11) is 0. The van der Waals surface area contributed by atoms with E-state index in [1.165, 1.54) is 18.4 Å². The highest BCUT2D eigenvalue weighted by Gasteiger charge is 2.34. The molecule has 2 aromatic rings. The van der Waals surface area contributed by atoms with Crippen LogP contribution in [0.2, 0.25) is 0 Å². The Morgan fingerprint density at radius 2 is 2.05 bits per heavy atom. The molecule has 1 aromatic carbocycles. The van der Waals surface area contributed by atoms with Gasteiger partial charge in [0.25, 0.3) is 0 Å². The molecule has 1 unspecified atom stereocenters. The number of hydrogen-bond donors (Lipinski definition) is 1. The summed E-state index contributed by atoms with van der Waals surface area (Å²) in [5, 5.41) is 7.63. The molecule has 1 aromatic heterocycles. The van der Waals surface area contributed by atoms with Gasteiger partial charge in [0, 0.05) is 5.56 Å². The predicted octanol–water partition coefficient (Wildman–Crippen LogP) is 3.29. The predicted molar refractivity (Wildman–Crippen MR) is 78.3 cm³/mol. The van der Waals surface area contributed by atoms with E-state index in [9.17, 15) is 0 Å². The van der Waals surface area contributed by atoms with E-state index in [-0.39, 0.29) is 5.54 Å². The fraction of sp³-hybridized carbons (Fsp3) is 0.500. The van der Waals surface area contributed by atoms with Crippen molar-refractivity contribution in [3.63, 3.8) is 0 Å². The fourth-order valence-corrected chi connectivity index (χ4v) is 2.69. The molecule has 0 radical (unpaired) electrons. The molecular weight excluding hydrogens is 250 g/mol. The molecular formula is C16H21N3O. The number of aryl methyl sites for hydroxylation is 1. The SMILES string of the molecule is CCc1ccc(-c2noc(C3(C)CCCCN3)n2)cc1. The van der Waals surface area contributed by atoms with Gasteiger partial charge in [-0.3, -0.25) is 0 Å². The normalized spacial score (nSPS) is 22.9. The molecule has 4 heteroatoms. The van der Waals surface area contributed by atoms with Crippen molar-refractivity contribution in [1.29, 1.82) is 0 Å². The summed E-state index contributed by atoms with van der Waals surface area (Å²) in [6.45, 7) is 5.31. The van der Waals surface area contributed by atoms with Gasteiger partial charge in [0.15, 0.2) is 0 Å². The fourth-order valence-electron chi connectivity index (χ4n) is 2.69. The van der Waals surface area contributed by atoms with Crippen molar-refractivity contribution in [3.8, 4) is 11.4 Å². The van der Waals surface area contributed by atoms with Gasteiger partial charge in [-0.2, -0.15) is 4.98 Å². The van der Waals surface area contributed by atoms with E-state index < -0.39 is 0 Å². The Hall–Kier alpha value is -1.68. The lowest BCUT2D eigenvalue weighted by molar-refractivity contribution is 0.207. The zero-order valence-corrected chi connectivity index (χ0v) is 12.1. The number of rotatable bonds is 3. The van der Waals surface area contributed by atoms with Crippen molar-refractivity contribution < 1.29 is 4.52 Å². The van der Waals surface area contributed by atoms with Gasteiger partial charge in [-0.25, -0.2) is 0 Å². The molecule has 106 valence electrons. The van der Waals surface area contributed by atoms with Gasteiger partial charge in [-0.1, -0.05) is 36.3 Å². The number of nitrogens with one attached hydrogen (secondary N) is 1. The second-order valence-electron chi connectivity index (χ2n) is 5.69. The average molecular weight is 271 g/mol. The summed E-state index contributed by atoms with van der Waals surface area (Å²) >= 11 is 0. The minimum atomic E-state index is -0.174. The van der Waals surface area contributed by atoms with E-state index in [2.05, 4.69) is 53.6 Å². The van der Waals surface area contributed by atoms with Crippen LogP contribution in [0.4, 0.5) is 0 Å². The van der Waals surface area contributed by atoms with Gasteiger partial charge in [0.2, 0.25) is 11.7 Å². The Labute approximate surface area is 119 Å². The maximum Gasteiger partial charge on any atom is 0.246 e. The summed E-state index contributed by atoms with van der Waals surface area (Å²) in [6.07, 6.45) is 4.50. The zero-order valence-electron chi connectivity index (χ0n) is 12.1. The Bertz CT molecular complexity index is 568. The van der Waals surface area contributed by atoms with Gasteiger partial charge in [0.1, 0.15) is 0 Å². The quantitative estimate of drug-likeness (QED) is 0.930. The first-order valence-corrected chi connectivity index (χ1v) is 7.40. The molecule has 1 N–H and O–H groups in total. The van der Waals surface area contributed by atoms with Gasteiger partial charge in [0.05, 0.1) is 5.54 Å². The van der Waals surface area contributed by atoms with Gasteiger partial charge in [-0.05, 0) is 44.7 Å². The summed E-state index contributed by atoms with van der Waals surface area (Å²) in [5.74, 6) is 1.38. The largest absolute Gasteiger partial charge is 0.337 e. The van der Waals surface area contributed by atoms with E-state index >= 15 is 0 Å². The van der Waals surface area contributed by atoms with Crippen molar-refractivity contribution in [1.82, 2.24) is 15.5 Å². The summed E-state index contributed by atoms with van der Waals surface area (Å²) in [5.41, 5.74) is 2.15. The van der Waals surface area contributed by atoms with E-state index in [0.29, 0.717) is 11.7 Å².